The molecule has 0 radical (unpaired) electrons. The molecule has 54 heavy (non-hydrogen) atoms. The Morgan fingerprint density at radius 2 is 0.852 bits per heavy atom. The van der Waals surface area contributed by atoms with Gasteiger partial charge in [0.1, 0.15) is 0 Å². The van der Waals surface area contributed by atoms with Gasteiger partial charge in [-0.15, -0.1) is 11.3 Å². The van der Waals surface area contributed by atoms with Crippen LogP contribution in [0.1, 0.15) is 0 Å². The van der Waals surface area contributed by atoms with Crippen molar-refractivity contribution in [3.63, 3.8) is 0 Å². The molecule has 0 bridgehead atoms. The molecule has 1 heterocycles. The highest BCUT2D eigenvalue weighted by Crippen LogP contribution is 2.50. The maximum Gasteiger partial charge on any atom is 0.0718 e. The Morgan fingerprint density at radius 3 is 1.57 bits per heavy atom. The van der Waals surface area contributed by atoms with Crippen LogP contribution in [-0.4, -0.2) is 0 Å². The molecule has 0 atom stereocenters. The highest BCUT2D eigenvalue weighted by atomic mass is 32.1. The van der Waals surface area contributed by atoms with Gasteiger partial charge in [0.05, 0.1) is 10.4 Å². The zero-order chi connectivity index (χ0) is 35.8. The van der Waals surface area contributed by atoms with Crippen LogP contribution < -0.4 is 4.90 Å². The van der Waals surface area contributed by atoms with Crippen LogP contribution in [0.4, 0.5) is 17.1 Å². The standard InChI is InChI=1S/C52H35NS/c1-4-15-36(16-5-1)45-32-31-42(35-49(45)39-19-8-3-9-20-39)53(41-29-27-40(28-30-41)44-25-14-22-37-21-10-11-23-43(37)44)51-46(38-17-6-2-7-18-38)33-34-48-47-24-12-13-26-50(47)54-52(48)51/h1-35H. The Kier molecular flexibility index (Phi) is 8.09. The van der Waals surface area contributed by atoms with E-state index in [-0.39, 0.29) is 0 Å². The van der Waals surface area contributed by atoms with Gasteiger partial charge in [0.25, 0.3) is 0 Å². The Labute approximate surface area is 319 Å². The molecule has 0 saturated heterocycles. The van der Waals surface area contributed by atoms with Gasteiger partial charge in [-0.1, -0.05) is 182 Å². The molecule has 10 aromatic rings. The second kappa shape index (κ2) is 13.7. The summed E-state index contributed by atoms with van der Waals surface area (Å²) in [6.07, 6.45) is 0. The first-order valence-electron chi connectivity index (χ1n) is 18.4. The topological polar surface area (TPSA) is 3.24 Å². The molecule has 0 aliphatic heterocycles. The number of nitrogens with zero attached hydrogens (tertiary/aromatic N) is 1. The highest BCUT2D eigenvalue weighted by molar-refractivity contribution is 7.26. The summed E-state index contributed by atoms with van der Waals surface area (Å²) in [5, 5.41) is 5.06. The van der Waals surface area contributed by atoms with E-state index in [1.54, 1.807) is 0 Å². The lowest BCUT2D eigenvalue weighted by Gasteiger charge is -2.30. The van der Waals surface area contributed by atoms with E-state index in [0.717, 1.165) is 11.4 Å². The molecular formula is C52H35NS. The number of benzene rings is 9. The Morgan fingerprint density at radius 1 is 0.315 bits per heavy atom. The number of fused-ring (bicyclic) bond motifs is 4. The van der Waals surface area contributed by atoms with Crippen LogP contribution in [0, 0.1) is 0 Å². The van der Waals surface area contributed by atoms with Crippen LogP contribution >= 0.6 is 11.3 Å². The molecule has 0 saturated carbocycles. The molecule has 2 heteroatoms. The summed E-state index contributed by atoms with van der Waals surface area (Å²) >= 11 is 1.88. The first kappa shape index (κ1) is 32.0. The molecule has 0 aliphatic rings. The number of hydrogen-bond donors (Lipinski definition) is 0. The van der Waals surface area contributed by atoms with Crippen molar-refractivity contribution in [2.24, 2.45) is 0 Å². The molecule has 1 aromatic heterocycles. The van der Waals surface area contributed by atoms with Crippen LogP contribution in [0.15, 0.2) is 212 Å². The monoisotopic (exact) mass is 705 g/mol. The van der Waals surface area contributed by atoms with Crippen molar-refractivity contribution < 1.29 is 0 Å². The van der Waals surface area contributed by atoms with E-state index >= 15 is 0 Å². The lowest BCUT2D eigenvalue weighted by molar-refractivity contribution is 1.30. The quantitative estimate of drug-likeness (QED) is 0.160. The fourth-order valence-corrected chi connectivity index (χ4v) is 9.16. The molecule has 0 unspecified atom stereocenters. The smallest absolute Gasteiger partial charge is 0.0718 e. The Hall–Kier alpha value is -6.74. The van der Waals surface area contributed by atoms with Crippen LogP contribution in [0.3, 0.4) is 0 Å². The zero-order valence-electron chi connectivity index (χ0n) is 29.6. The molecule has 9 aromatic carbocycles. The molecule has 254 valence electrons. The molecule has 10 rings (SSSR count). The van der Waals surface area contributed by atoms with Gasteiger partial charge in [0.15, 0.2) is 0 Å². The van der Waals surface area contributed by atoms with E-state index in [4.69, 9.17) is 0 Å². The van der Waals surface area contributed by atoms with Gasteiger partial charge in [0, 0.05) is 32.4 Å². The van der Waals surface area contributed by atoms with Crippen LogP contribution in [0.2, 0.25) is 0 Å². The van der Waals surface area contributed by atoms with Gasteiger partial charge in [0.2, 0.25) is 0 Å². The molecular weight excluding hydrogens is 671 g/mol. The average molecular weight is 706 g/mol. The number of thiophene rings is 1. The van der Waals surface area contributed by atoms with E-state index in [0.29, 0.717) is 0 Å². The average Bonchev–Trinajstić information content (AvgIpc) is 3.64. The molecule has 0 amide bonds. The first-order chi connectivity index (χ1) is 26.8. The van der Waals surface area contributed by atoms with Crippen molar-refractivity contribution >= 4 is 59.3 Å². The first-order valence-corrected chi connectivity index (χ1v) is 19.2. The van der Waals surface area contributed by atoms with Crippen LogP contribution in [0.5, 0.6) is 0 Å². The highest BCUT2D eigenvalue weighted by Gasteiger charge is 2.24. The summed E-state index contributed by atoms with van der Waals surface area (Å²) < 4.78 is 2.55. The van der Waals surface area contributed by atoms with Gasteiger partial charge in [-0.25, -0.2) is 0 Å². The fraction of sp³-hybridized carbons (Fsp3) is 0. The van der Waals surface area contributed by atoms with Crippen LogP contribution in [-0.2, 0) is 0 Å². The molecule has 1 nitrogen and oxygen atoms in total. The summed E-state index contributed by atoms with van der Waals surface area (Å²) in [6.45, 7) is 0. The normalized spacial score (nSPS) is 11.3. The van der Waals surface area contributed by atoms with E-state index in [1.807, 2.05) is 11.3 Å². The predicted molar refractivity (Wildman–Crippen MR) is 233 cm³/mol. The van der Waals surface area contributed by atoms with E-state index in [9.17, 15) is 0 Å². The molecule has 0 N–H and O–H groups in total. The predicted octanol–water partition coefficient (Wildman–Crippen LogP) is 15.3. The number of anilines is 3. The summed E-state index contributed by atoms with van der Waals surface area (Å²) in [5.74, 6) is 0. The van der Waals surface area contributed by atoms with Gasteiger partial charge >= 0.3 is 0 Å². The van der Waals surface area contributed by atoms with Crippen molar-refractivity contribution in [2.75, 3.05) is 4.90 Å². The minimum Gasteiger partial charge on any atom is -0.308 e. The summed E-state index contributed by atoms with van der Waals surface area (Å²) in [7, 11) is 0. The third-order valence-corrected chi connectivity index (χ3v) is 11.7. The maximum atomic E-state index is 2.49. The Bertz CT molecular complexity index is 2910. The van der Waals surface area contributed by atoms with Crippen molar-refractivity contribution in [3.8, 4) is 44.5 Å². The summed E-state index contributed by atoms with van der Waals surface area (Å²) in [6, 6.07) is 77.2. The lowest BCUT2D eigenvalue weighted by Crippen LogP contribution is -2.12. The van der Waals surface area contributed by atoms with Gasteiger partial charge in [-0.05, 0) is 80.0 Å². The second-order valence-electron chi connectivity index (χ2n) is 13.7. The van der Waals surface area contributed by atoms with Crippen molar-refractivity contribution in [3.05, 3.63) is 212 Å². The van der Waals surface area contributed by atoms with E-state index in [1.165, 1.54) is 81.1 Å². The second-order valence-corrected chi connectivity index (χ2v) is 14.7. The SMILES string of the molecule is c1ccc(-c2ccc(N(c3ccc(-c4cccc5ccccc45)cc3)c3c(-c4ccccc4)ccc4c3sc3ccccc34)cc2-c2ccccc2)cc1. The largest absolute Gasteiger partial charge is 0.308 e. The third-order valence-electron chi connectivity index (χ3n) is 10.5. The van der Waals surface area contributed by atoms with Crippen molar-refractivity contribution in [1.29, 1.82) is 0 Å². The fourth-order valence-electron chi connectivity index (χ4n) is 7.92. The molecule has 0 fully saturated rings. The summed E-state index contributed by atoms with van der Waals surface area (Å²) in [5.41, 5.74) is 13.0. The minimum absolute atomic E-state index is 1.10. The van der Waals surface area contributed by atoms with E-state index < -0.39 is 0 Å². The molecule has 0 aliphatic carbocycles. The van der Waals surface area contributed by atoms with Crippen molar-refractivity contribution in [1.82, 2.24) is 0 Å². The third kappa shape index (κ3) is 5.65. The summed E-state index contributed by atoms with van der Waals surface area (Å²) in [4.78, 5) is 2.49. The molecule has 0 spiro atoms. The zero-order valence-corrected chi connectivity index (χ0v) is 30.4. The number of hydrogen-bond acceptors (Lipinski definition) is 2. The maximum absolute atomic E-state index is 2.49. The van der Waals surface area contributed by atoms with Gasteiger partial charge in [-0.2, -0.15) is 0 Å². The van der Waals surface area contributed by atoms with Crippen LogP contribution in [0.25, 0.3) is 75.5 Å². The van der Waals surface area contributed by atoms with Crippen molar-refractivity contribution in [2.45, 2.75) is 0 Å². The van der Waals surface area contributed by atoms with Gasteiger partial charge in [-0.3, -0.25) is 0 Å². The Balaban J connectivity index is 1.26. The number of rotatable bonds is 7. The lowest BCUT2D eigenvalue weighted by atomic mass is 9.93. The van der Waals surface area contributed by atoms with Gasteiger partial charge < -0.3 is 4.90 Å². The minimum atomic E-state index is 1.10. The van der Waals surface area contributed by atoms with E-state index in [2.05, 4.69) is 217 Å².